The molecule has 0 spiro atoms. The van der Waals surface area contributed by atoms with Crippen LogP contribution in [0, 0.1) is 10.1 Å². The summed E-state index contributed by atoms with van der Waals surface area (Å²) in [5, 5.41) is 25.1. The van der Waals surface area contributed by atoms with Gasteiger partial charge < -0.3 is 10.1 Å². The molecule has 0 bridgehead atoms. The number of benzene rings is 1. The molecule has 22 heavy (non-hydrogen) atoms. The summed E-state index contributed by atoms with van der Waals surface area (Å²) in [6, 6.07) is 6.30. The molecule has 0 unspecified atom stereocenters. The number of amides is 1. The minimum Gasteiger partial charge on any atom is -0.390 e. The molecule has 1 N–H and O–H groups in total. The maximum absolute atomic E-state index is 11.8. The second kappa shape index (κ2) is 6.72. The van der Waals surface area contributed by atoms with Gasteiger partial charge in [0.2, 0.25) is 0 Å². The molecule has 11 heteroatoms. The number of hydrogen-bond acceptors (Lipinski definition) is 7. The Morgan fingerprint density at radius 2 is 2.14 bits per heavy atom. The first-order chi connectivity index (χ1) is 10.5. The zero-order valence-electron chi connectivity index (χ0n) is 11.3. The number of nitro groups is 1. The Labute approximate surface area is 128 Å². The van der Waals surface area contributed by atoms with Gasteiger partial charge in [-0.2, -0.15) is 5.10 Å². The molecule has 0 saturated heterocycles. The van der Waals surface area contributed by atoms with E-state index in [4.69, 9.17) is 11.6 Å². The molecule has 0 aliphatic rings. The third-order valence-electron chi connectivity index (χ3n) is 2.43. The van der Waals surface area contributed by atoms with E-state index in [1.165, 1.54) is 0 Å². The van der Waals surface area contributed by atoms with Crippen molar-refractivity contribution in [3.05, 3.63) is 45.0 Å². The Bertz CT molecular complexity index is 726. The van der Waals surface area contributed by atoms with Gasteiger partial charge in [-0.1, -0.05) is 16.4 Å². The average Bonchev–Trinajstić information content (AvgIpc) is 2.94. The summed E-state index contributed by atoms with van der Waals surface area (Å²) in [4.78, 5) is 22.5. The first kappa shape index (κ1) is 15.5. The normalized spacial score (nSPS) is 11.3. The zero-order chi connectivity index (χ0) is 16.1. The van der Waals surface area contributed by atoms with Gasteiger partial charge in [-0.15, -0.1) is 0 Å². The zero-order valence-corrected chi connectivity index (χ0v) is 12.1. The molecule has 1 aromatic heterocycles. The van der Waals surface area contributed by atoms with E-state index >= 15 is 0 Å². The minimum absolute atomic E-state index is 0.0573. The Balaban J connectivity index is 1.95. The van der Waals surface area contributed by atoms with Crippen LogP contribution in [-0.2, 0) is 6.54 Å². The van der Waals surface area contributed by atoms with Gasteiger partial charge >= 0.3 is 5.95 Å². The van der Waals surface area contributed by atoms with Crippen molar-refractivity contribution < 1.29 is 9.72 Å². The number of aromatic nitrogens is 4. The van der Waals surface area contributed by atoms with E-state index in [0.717, 1.165) is 4.80 Å². The minimum atomic E-state index is -0.752. The van der Waals surface area contributed by atoms with Crippen molar-refractivity contribution in [3.8, 4) is 0 Å². The Morgan fingerprint density at radius 3 is 2.73 bits per heavy atom. The van der Waals surface area contributed by atoms with Crippen LogP contribution in [0.2, 0.25) is 5.02 Å². The lowest BCUT2D eigenvalue weighted by Crippen LogP contribution is -2.21. The lowest BCUT2D eigenvalue weighted by molar-refractivity contribution is -0.394. The van der Waals surface area contributed by atoms with E-state index in [9.17, 15) is 14.9 Å². The maximum Gasteiger partial charge on any atom is 0.514 e. The van der Waals surface area contributed by atoms with E-state index < -0.39 is 16.8 Å². The smallest absolute Gasteiger partial charge is 0.390 e. The van der Waals surface area contributed by atoms with Crippen LogP contribution in [0.4, 0.5) is 5.95 Å². The van der Waals surface area contributed by atoms with E-state index in [2.05, 4.69) is 25.9 Å². The first-order valence-corrected chi connectivity index (χ1v) is 6.35. The van der Waals surface area contributed by atoms with Crippen LogP contribution in [0.1, 0.15) is 17.3 Å². The van der Waals surface area contributed by atoms with Gasteiger partial charge in [-0.3, -0.25) is 4.79 Å². The van der Waals surface area contributed by atoms with Crippen molar-refractivity contribution in [2.75, 3.05) is 0 Å². The van der Waals surface area contributed by atoms with Crippen LogP contribution >= 0.6 is 11.6 Å². The molecule has 0 atom stereocenters. The largest absolute Gasteiger partial charge is 0.514 e. The van der Waals surface area contributed by atoms with Crippen molar-refractivity contribution >= 4 is 29.2 Å². The third kappa shape index (κ3) is 4.06. The van der Waals surface area contributed by atoms with Crippen molar-refractivity contribution in [2.24, 2.45) is 5.10 Å². The fourth-order valence-corrected chi connectivity index (χ4v) is 1.55. The van der Waals surface area contributed by atoms with Crippen LogP contribution in [0.15, 0.2) is 29.4 Å². The molecule has 10 nitrogen and oxygen atoms in total. The molecule has 1 aromatic carbocycles. The molecule has 2 aromatic rings. The van der Waals surface area contributed by atoms with Crippen molar-refractivity contribution in [3.63, 3.8) is 0 Å². The van der Waals surface area contributed by atoms with E-state index in [1.54, 1.807) is 31.2 Å². The maximum atomic E-state index is 11.8. The topological polar surface area (TPSA) is 128 Å². The lowest BCUT2D eigenvalue weighted by atomic mass is 10.2. The Hall–Kier alpha value is -2.88. The van der Waals surface area contributed by atoms with Crippen LogP contribution in [0.25, 0.3) is 0 Å². The second-order valence-corrected chi connectivity index (χ2v) is 4.61. The highest BCUT2D eigenvalue weighted by Crippen LogP contribution is 2.09. The van der Waals surface area contributed by atoms with Crippen LogP contribution in [0.3, 0.4) is 0 Å². The first-order valence-electron chi connectivity index (χ1n) is 5.97. The van der Waals surface area contributed by atoms with Crippen LogP contribution in [-0.4, -0.2) is 36.7 Å². The SMILES string of the molecule is CC(Cn1nnc([N+](=O)[O-])n1)=NNC(=O)c1ccc(Cl)cc1. The number of hydrogen-bond donors (Lipinski definition) is 1. The summed E-state index contributed by atoms with van der Waals surface area (Å²) in [5.41, 5.74) is 3.19. The number of nitrogens with one attached hydrogen (secondary N) is 1. The van der Waals surface area contributed by atoms with Gasteiger partial charge in [0.25, 0.3) is 5.91 Å². The molecule has 0 radical (unpaired) electrons. The van der Waals surface area contributed by atoms with Crippen molar-refractivity contribution in [1.29, 1.82) is 0 Å². The predicted molar refractivity (Wildman–Crippen MR) is 76.5 cm³/mol. The number of rotatable bonds is 5. The third-order valence-corrected chi connectivity index (χ3v) is 2.68. The predicted octanol–water partition coefficient (Wildman–Crippen LogP) is 1.04. The number of nitrogens with zero attached hydrogens (tertiary/aromatic N) is 6. The summed E-state index contributed by atoms with van der Waals surface area (Å²) in [6.07, 6.45) is 0. The highest BCUT2D eigenvalue weighted by atomic mass is 35.5. The molecule has 0 aliphatic carbocycles. The number of carbonyl (C=O) groups is 1. The van der Waals surface area contributed by atoms with Crippen molar-refractivity contribution in [2.45, 2.75) is 13.5 Å². The van der Waals surface area contributed by atoms with Gasteiger partial charge in [0.1, 0.15) is 6.54 Å². The summed E-state index contributed by atoms with van der Waals surface area (Å²) in [7, 11) is 0. The summed E-state index contributed by atoms with van der Waals surface area (Å²) in [5.74, 6) is -1.01. The van der Waals surface area contributed by atoms with E-state index in [-0.39, 0.29) is 6.54 Å². The standard InChI is InChI=1S/C11H10ClN7O3/c1-7(6-18-16-11(15-17-18)19(21)22)13-14-10(20)8-2-4-9(12)5-3-8/h2-5H,6H2,1H3,(H,14,20). The molecule has 114 valence electrons. The van der Waals surface area contributed by atoms with E-state index in [1.807, 2.05) is 0 Å². The molecular weight excluding hydrogens is 314 g/mol. The lowest BCUT2D eigenvalue weighted by Gasteiger charge is -2.01. The second-order valence-electron chi connectivity index (χ2n) is 4.17. The van der Waals surface area contributed by atoms with Gasteiger partial charge in [0, 0.05) is 15.8 Å². The summed E-state index contributed by atoms with van der Waals surface area (Å²) in [6.45, 7) is 1.67. The van der Waals surface area contributed by atoms with Gasteiger partial charge in [0.05, 0.1) is 15.9 Å². The molecule has 0 saturated carbocycles. The molecule has 0 aliphatic heterocycles. The molecule has 1 amide bonds. The highest BCUT2D eigenvalue weighted by Gasteiger charge is 2.15. The Morgan fingerprint density at radius 1 is 1.45 bits per heavy atom. The van der Waals surface area contributed by atoms with Gasteiger partial charge in [-0.05, 0) is 36.1 Å². The molecular formula is C11H10ClN7O3. The number of halogens is 1. The highest BCUT2D eigenvalue weighted by molar-refractivity contribution is 6.30. The number of carbonyl (C=O) groups excluding carboxylic acids is 1. The van der Waals surface area contributed by atoms with Crippen LogP contribution < -0.4 is 5.43 Å². The summed E-state index contributed by atoms with van der Waals surface area (Å²) >= 11 is 5.73. The van der Waals surface area contributed by atoms with Crippen LogP contribution in [0.5, 0.6) is 0 Å². The van der Waals surface area contributed by atoms with E-state index in [0.29, 0.717) is 16.3 Å². The average molecular weight is 324 g/mol. The molecule has 1 heterocycles. The number of tetrazole rings is 1. The van der Waals surface area contributed by atoms with Gasteiger partial charge in [0.15, 0.2) is 0 Å². The fourth-order valence-electron chi connectivity index (χ4n) is 1.43. The Kier molecular flexibility index (Phi) is 4.73. The molecule has 2 rings (SSSR count). The fraction of sp³-hybridized carbons (Fsp3) is 0.182. The van der Waals surface area contributed by atoms with Gasteiger partial charge in [-0.25, -0.2) is 5.43 Å². The molecule has 0 fully saturated rings. The van der Waals surface area contributed by atoms with Crippen molar-refractivity contribution in [1.82, 2.24) is 25.6 Å². The quantitative estimate of drug-likeness (QED) is 0.497. The summed E-state index contributed by atoms with van der Waals surface area (Å²) < 4.78 is 0. The monoisotopic (exact) mass is 323 g/mol. The number of hydrazone groups is 1.